The molecule has 2 heteroatoms. The van der Waals surface area contributed by atoms with Crippen molar-refractivity contribution >= 4 is 0 Å². The third-order valence-corrected chi connectivity index (χ3v) is 3.28. The number of rotatable bonds is 12. The average molecular weight is 277 g/mol. The van der Waals surface area contributed by atoms with Crippen molar-refractivity contribution in [1.29, 1.82) is 0 Å². The maximum atomic E-state index is 5.68. The molecule has 1 rings (SSSR count). The molecular formula is C18H29O2. The SMILES string of the molecule is CCCCCCOc1[c]cc(OCCCCCC)cc1. The third-order valence-electron chi connectivity index (χ3n) is 3.28. The molecule has 0 aliphatic heterocycles. The summed E-state index contributed by atoms with van der Waals surface area (Å²) >= 11 is 0. The zero-order valence-electron chi connectivity index (χ0n) is 13.1. The van der Waals surface area contributed by atoms with Gasteiger partial charge in [-0.2, -0.15) is 0 Å². The highest BCUT2D eigenvalue weighted by Gasteiger charge is 1.97. The van der Waals surface area contributed by atoms with Gasteiger partial charge in [-0.05, 0) is 31.0 Å². The lowest BCUT2D eigenvalue weighted by atomic mass is 10.2. The molecule has 0 bridgehead atoms. The van der Waals surface area contributed by atoms with Gasteiger partial charge in [0.1, 0.15) is 11.5 Å². The Kier molecular flexibility index (Phi) is 9.81. The van der Waals surface area contributed by atoms with Crippen molar-refractivity contribution in [2.45, 2.75) is 65.2 Å². The van der Waals surface area contributed by atoms with Gasteiger partial charge in [-0.25, -0.2) is 0 Å². The third kappa shape index (κ3) is 8.08. The van der Waals surface area contributed by atoms with Crippen LogP contribution in [0.3, 0.4) is 0 Å². The summed E-state index contributed by atoms with van der Waals surface area (Å²) in [6, 6.07) is 8.92. The minimum atomic E-state index is 0.785. The van der Waals surface area contributed by atoms with E-state index in [0.717, 1.165) is 37.6 Å². The zero-order chi connectivity index (χ0) is 14.5. The lowest BCUT2D eigenvalue weighted by Crippen LogP contribution is -1.99. The van der Waals surface area contributed by atoms with E-state index in [4.69, 9.17) is 9.47 Å². The van der Waals surface area contributed by atoms with Crippen LogP contribution < -0.4 is 9.47 Å². The Labute approximate surface area is 124 Å². The van der Waals surface area contributed by atoms with E-state index in [1.54, 1.807) is 0 Å². The molecule has 2 nitrogen and oxygen atoms in total. The van der Waals surface area contributed by atoms with Gasteiger partial charge < -0.3 is 9.47 Å². The van der Waals surface area contributed by atoms with Crippen molar-refractivity contribution in [3.8, 4) is 11.5 Å². The van der Waals surface area contributed by atoms with E-state index in [1.165, 1.54) is 38.5 Å². The Bertz CT molecular complexity index is 286. The molecule has 113 valence electrons. The summed E-state index contributed by atoms with van der Waals surface area (Å²) in [7, 11) is 0. The van der Waals surface area contributed by atoms with Crippen molar-refractivity contribution < 1.29 is 9.47 Å². The average Bonchev–Trinajstić information content (AvgIpc) is 2.48. The van der Waals surface area contributed by atoms with Gasteiger partial charge in [-0.1, -0.05) is 52.4 Å². The molecule has 0 N–H and O–H groups in total. The van der Waals surface area contributed by atoms with Gasteiger partial charge in [-0.15, -0.1) is 0 Å². The second kappa shape index (κ2) is 11.6. The van der Waals surface area contributed by atoms with Crippen LogP contribution in [0, 0.1) is 6.07 Å². The first-order valence-corrected chi connectivity index (χ1v) is 8.14. The van der Waals surface area contributed by atoms with Gasteiger partial charge in [-0.3, -0.25) is 0 Å². The fraction of sp³-hybridized carbons (Fsp3) is 0.667. The van der Waals surface area contributed by atoms with Crippen LogP contribution in [-0.4, -0.2) is 13.2 Å². The van der Waals surface area contributed by atoms with Gasteiger partial charge >= 0.3 is 0 Å². The minimum Gasteiger partial charge on any atom is -0.494 e. The van der Waals surface area contributed by atoms with Crippen LogP contribution in [0.15, 0.2) is 18.2 Å². The molecule has 0 unspecified atom stereocenters. The molecule has 0 aliphatic rings. The molecule has 1 radical (unpaired) electrons. The summed E-state index contributed by atoms with van der Waals surface area (Å²) in [5.74, 6) is 1.71. The molecule has 0 saturated carbocycles. The van der Waals surface area contributed by atoms with Crippen molar-refractivity contribution in [3.63, 3.8) is 0 Å². The van der Waals surface area contributed by atoms with E-state index in [1.807, 2.05) is 18.2 Å². The Morgan fingerprint density at radius 1 is 0.800 bits per heavy atom. The highest BCUT2D eigenvalue weighted by atomic mass is 16.5. The van der Waals surface area contributed by atoms with Gasteiger partial charge in [0.2, 0.25) is 0 Å². The predicted molar refractivity (Wildman–Crippen MR) is 84.6 cm³/mol. The van der Waals surface area contributed by atoms with E-state index in [0.29, 0.717) is 0 Å². The first-order valence-electron chi connectivity index (χ1n) is 8.14. The minimum absolute atomic E-state index is 0.785. The van der Waals surface area contributed by atoms with Crippen LogP contribution >= 0.6 is 0 Å². The number of unbranched alkanes of at least 4 members (excludes halogenated alkanes) is 6. The predicted octanol–water partition coefficient (Wildman–Crippen LogP) is 5.40. The van der Waals surface area contributed by atoms with Gasteiger partial charge in [0.25, 0.3) is 0 Å². The van der Waals surface area contributed by atoms with Crippen molar-refractivity contribution in [1.82, 2.24) is 0 Å². The van der Waals surface area contributed by atoms with Crippen molar-refractivity contribution in [3.05, 3.63) is 24.3 Å². The fourth-order valence-electron chi connectivity index (χ4n) is 2.01. The highest BCUT2D eigenvalue weighted by Crippen LogP contribution is 2.17. The fourth-order valence-corrected chi connectivity index (χ4v) is 2.01. The second-order valence-electron chi connectivity index (χ2n) is 5.21. The first-order chi connectivity index (χ1) is 9.86. The number of benzene rings is 1. The summed E-state index contributed by atoms with van der Waals surface area (Å²) in [5, 5.41) is 0. The van der Waals surface area contributed by atoms with Crippen LogP contribution in [0.5, 0.6) is 11.5 Å². The molecule has 0 spiro atoms. The van der Waals surface area contributed by atoms with Gasteiger partial charge in [0, 0.05) is 6.07 Å². The first kappa shape index (κ1) is 16.9. The van der Waals surface area contributed by atoms with Gasteiger partial charge in [0.05, 0.1) is 13.2 Å². The van der Waals surface area contributed by atoms with E-state index in [-0.39, 0.29) is 0 Å². The van der Waals surface area contributed by atoms with Crippen LogP contribution in [-0.2, 0) is 0 Å². The van der Waals surface area contributed by atoms with Crippen LogP contribution in [0.25, 0.3) is 0 Å². The van der Waals surface area contributed by atoms with Gasteiger partial charge in [0.15, 0.2) is 0 Å². The molecule has 0 heterocycles. The lowest BCUT2D eigenvalue weighted by Gasteiger charge is -2.08. The summed E-state index contributed by atoms with van der Waals surface area (Å²) in [4.78, 5) is 0. The normalized spacial score (nSPS) is 10.5. The summed E-state index contributed by atoms with van der Waals surface area (Å²) < 4.78 is 11.3. The molecule has 0 atom stereocenters. The zero-order valence-corrected chi connectivity index (χ0v) is 13.1. The molecule has 0 aromatic heterocycles. The maximum absolute atomic E-state index is 5.68. The topological polar surface area (TPSA) is 18.5 Å². The second-order valence-corrected chi connectivity index (χ2v) is 5.21. The van der Waals surface area contributed by atoms with Crippen molar-refractivity contribution in [2.75, 3.05) is 13.2 Å². The molecule has 0 saturated heterocycles. The Hall–Kier alpha value is -1.18. The lowest BCUT2D eigenvalue weighted by molar-refractivity contribution is 0.296. The van der Waals surface area contributed by atoms with Crippen LogP contribution in [0.1, 0.15) is 65.2 Å². The smallest absolute Gasteiger partial charge is 0.127 e. The number of hydrogen-bond donors (Lipinski definition) is 0. The molecule has 1 aromatic rings. The Morgan fingerprint density at radius 3 is 2.00 bits per heavy atom. The quantitative estimate of drug-likeness (QED) is 0.476. The molecular weight excluding hydrogens is 248 g/mol. The molecule has 1 aromatic carbocycles. The highest BCUT2D eigenvalue weighted by molar-refractivity contribution is 5.29. The summed E-state index contributed by atoms with van der Waals surface area (Å²) in [6.45, 7) is 6.02. The molecule has 20 heavy (non-hydrogen) atoms. The van der Waals surface area contributed by atoms with Crippen molar-refractivity contribution in [2.24, 2.45) is 0 Å². The largest absolute Gasteiger partial charge is 0.494 e. The Morgan fingerprint density at radius 2 is 1.45 bits per heavy atom. The summed E-state index contributed by atoms with van der Waals surface area (Å²) in [5.41, 5.74) is 0. The maximum Gasteiger partial charge on any atom is 0.127 e. The van der Waals surface area contributed by atoms with E-state index in [2.05, 4.69) is 19.9 Å². The van der Waals surface area contributed by atoms with Crippen LogP contribution in [0.4, 0.5) is 0 Å². The van der Waals surface area contributed by atoms with E-state index >= 15 is 0 Å². The Balaban J connectivity index is 2.13. The van der Waals surface area contributed by atoms with E-state index < -0.39 is 0 Å². The number of ether oxygens (including phenoxy) is 2. The molecule has 0 fully saturated rings. The summed E-state index contributed by atoms with van der Waals surface area (Å²) in [6.07, 6.45) is 9.85. The number of hydrogen-bond acceptors (Lipinski definition) is 2. The van der Waals surface area contributed by atoms with Crippen LogP contribution in [0.2, 0.25) is 0 Å². The van der Waals surface area contributed by atoms with E-state index in [9.17, 15) is 0 Å². The molecule has 0 amide bonds. The molecule has 0 aliphatic carbocycles. The standard InChI is InChI=1S/C18H29O2/c1-3-5-7-9-15-19-17-11-13-18(14-12-17)20-16-10-8-6-4-2/h11-13H,3-10,15-16H2,1-2H3. The monoisotopic (exact) mass is 277 g/mol.